The molecule has 1 fully saturated rings. The van der Waals surface area contributed by atoms with Crippen molar-refractivity contribution in [2.45, 2.75) is 11.0 Å². The second-order valence-corrected chi connectivity index (χ2v) is 7.73. The predicted octanol–water partition coefficient (Wildman–Crippen LogP) is 2.20. The van der Waals surface area contributed by atoms with Gasteiger partial charge >= 0.3 is 0 Å². The summed E-state index contributed by atoms with van der Waals surface area (Å²) in [6, 6.07) is 18.4. The molecule has 1 aliphatic rings. The molecule has 128 valence electrons. The van der Waals surface area contributed by atoms with Gasteiger partial charge in [0.05, 0.1) is 26.2 Å². The molecule has 1 aliphatic heterocycles. The lowest BCUT2D eigenvalue weighted by atomic mass is 10.2. The maximum atomic E-state index is 10.3. The monoisotopic (exact) mass is 363 g/mol. The fourth-order valence-electron chi connectivity index (χ4n) is 3.07. The molecule has 0 radical (unpaired) electrons. The number of benzene rings is 2. The van der Waals surface area contributed by atoms with Gasteiger partial charge in [0.25, 0.3) is 0 Å². The summed E-state index contributed by atoms with van der Waals surface area (Å²) in [5.41, 5.74) is 1.30. The standard InChI is InChI=1S/C19H23ClN2OS/c20-16-5-4-8-19(13-16)24-15-18(23)14-21-9-11-22(12-10-21)17-6-2-1-3-7-17/h1-8,13,18,23H,9-12,14-15H2/p+1/t18-/m0/s1. The second-order valence-electron chi connectivity index (χ2n) is 6.20. The Morgan fingerprint density at radius 3 is 2.54 bits per heavy atom. The number of rotatable bonds is 6. The van der Waals surface area contributed by atoms with Crippen molar-refractivity contribution in [1.82, 2.24) is 0 Å². The maximum absolute atomic E-state index is 10.3. The molecular formula is C19H24ClN2OS+. The Bertz CT molecular complexity index is 632. The summed E-state index contributed by atoms with van der Waals surface area (Å²) in [5, 5.41) is 11.1. The third kappa shape index (κ3) is 5.15. The van der Waals surface area contributed by atoms with Gasteiger partial charge < -0.3 is 14.9 Å². The molecule has 0 amide bonds. The number of hydrogen-bond donors (Lipinski definition) is 2. The van der Waals surface area contributed by atoms with Crippen molar-refractivity contribution >= 4 is 29.1 Å². The third-order valence-corrected chi connectivity index (χ3v) is 5.73. The average Bonchev–Trinajstić information content (AvgIpc) is 2.61. The van der Waals surface area contributed by atoms with Gasteiger partial charge in [0.1, 0.15) is 12.6 Å². The molecule has 3 rings (SSSR count). The van der Waals surface area contributed by atoms with E-state index in [2.05, 4.69) is 35.2 Å². The number of piperazine rings is 1. The first-order valence-corrected chi connectivity index (χ1v) is 9.77. The van der Waals surface area contributed by atoms with Crippen molar-refractivity contribution in [2.24, 2.45) is 0 Å². The van der Waals surface area contributed by atoms with Crippen LogP contribution in [0.15, 0.2) is 59.5 Å². The minimum Gasteiger partial charge on any atom is -0.386 e. The zero-order valence-corrected chi connectivity index (χ0v) is 15.3. The van der Waals surface area contributed by atoms with Gasteiger partial charge in [-0.3, -0.25) is 0 Å². The van der Waals surface area contributed by atoms with Crippen LogP contribution in [0.5, 0.6) is 0 Å². The van der Waals surface area contributed by atoms with Gasteiger partial charge in [-0.1, -0.05) is 35.9 Å². The first-order valence-electron chi connectivity index (χ1n) is 8.41. The lowest BCUT2D eigenvalue weighted by Gasteiger charge is -2.34. The fourth-order valence-corrected chi connectivity index (χ4v) is 4.21. The van der Waals surface area contributed by atoms with Crippen LogP contribution in [-0.4, -0.2) is 49.7 Å². The third-order valence-electron chi connectivity index (χ3n) is 4.35. The van der Waals surface area contributed by atoms with Crippen molar-refractivity contribution in [1.29, 1.82) is 0 Å². The second kappa shape index (κ2) is 8.77. The van der Waals surface area contributed by atoms with E-state index in [1.165, 1.54) is 10.6 Å². The number of hydrogen-bond acceptors (Lipinski definition) is 3. The smallest absolute Gasteiger partial charge is 0.112 e. The lowest BCUT2D eigenvalue weighted by Crippen LogP contribution is -3.15. The first kappa shape index (κ1) is 17.6. The molecule has 0 spiro atoms. The molecule has 2 aromatic rings. The lowest BCUT2D eigenvalue weighted by molar-refractivity contribution is -0.903. The van der Waals surface area contributed by atoms with Crippen LogP contribution in [-0.2, 0) is 0 Å². The highest BCUT2D eigenvalue weighted by molar-refractivity contribution is 7.99. The van der Waals surface area contributed by atoms with Crippen molar-refractivity contribution in [3.8, 4) is 0 Å². The van der Waals surface area contributed by atoms with E-state index in [1.807, 2.05) is 24.3 Å². The molecule has 0 aromatic heterocycles. The van der Waals surface area contributed by atoms with E-state index in [4.69, 9.17) is 11.6 Å². The normalized spacial score (nSPS) is 17.0. The van der Waals surface area contributed by atoms with Gasteiger partial charge in [0.2, 0.25) is 0 Å². The highest BCUT2D eigenvalue weighted by atomic mass is 35.5. The van der Waals surface area contributed by atoms with Crippen LogP contribution in [0.3, 0.4) is 0 Å². The Morgan fingerprint density at radius 2 is 1.83 bits per heavy atom. The number of halogens is 1. The molecule has 1 saturated heterocycles. The van der Waals surface area contributed by atoms with E-state index in [0.29, 0.717) is 5.75 Å². The average molecular weight is 364 g/mol. The van der Waals surface area contributed by atoms with Gasteiger partial charge in [0.15, 0.2) is 0 Å². The fraction of sp³-hybridized carbons (Fsp3) is 0.368. The molecular weight excluding hydrogens is 340 g/mol. The van der Waals surface area contributed by atoms with Crippen LogP contribution in [0.2, 0.25) is 5.02 Å². The molecule has 0 saturated carbocycles. The van der Waals surface area contributed by atoms with Gasteiger partial charge in [-0.05, 0) is 30.3 Å². The summed E-state index contributed by atoms with van der Waals surface area (Å²) in [7, 11) is 0. The molecule has 1 heterocycles. The topological polar surface area (TPSA) is 27.9 Å². The molecule has 2 aromatic carbocycles. The van der Waals surface area contributed by atoms with Crippen LogP contribution >= 0.6 is 23.4 Å². The van der Waals surface area contributed by atoms with E-state index in [9.17, 15) is 5.11 Å². The first-order chi connectivity index (χ1) is 11.7. The molecule has 5 heteroatoms. The number of nitrogens with zero attached hydrogens (tertiary/aromatic N) is 1. The highest BCUT2D eigenvalue weighted by Gasteiger charge is 2.22. The van der Waals surface area contributed by atoms with Crippen LogP contribution in [0, 0.1) is 0 Å². The van der Waals surface area contributed by atoms with Gasteiger partial charge in [-0.2, -0.15) is 0 Å². The van der Waals surface area contributed by atoms with Crippen molar-refractivity contribution < 1.29 is 10.0 Å². The number of anilines is 1. The van der Waals surface area contributed by atoms with Crippen LogP contribution in [0.4, 0.5) is 5.69 Å². The zero-order valence-electron chi connectivity index (χ0n) is 13.7. The van der Waals surface area contributed by atoms with Crippen LogP contribution in [0.1, 0.15) is 0 Å². The summed E-state index contributed by atoms with van der Waals surface area (Å²) in [5.74, 6) is 0.715. The van der Waals surface area contributed by atoms with Crippen LogP contribution < -0.4 is 9.80 Å². The molecule has 3 nitrogen and oxygen atoms in total. The zero-order chi connectivity index (χ0) is 16.8. The Labute approximate surface area is 153 Å². The molecule has 0 aliphatic carbocycles. The summed E-state index contributed by atoms with van der Waals surface area (Å²) in [6.07, 6.45) is -0.285. The molecule has 0 unspecified atom stereocenters. The van der Waals surface area contributed by atoms with E-state index < -0.39 is 0 Å². The molecule has 1 atom stereocenters. The SMILES string of the molecule is O[C@H](CSc1cccc(Cl)c1)C[NH+]1CCN(c2ccccc2)CC1. The van der Waals surface area contributed by atoms with E-state index in [0.717, 1.165) is 42.6 Å². The summed E-state index contributed by atoms with van der Waals surface area (Å²) < 4.78 is 0. The van der Waals surface area contributed by atoms with E-state index in [1.54, 1.807) is 11.8 Å². The largest absolute Gasteiger partial charge is 0.386 e. The quantitative estimate of drug-likeness (QED) is 0.771. The Hall–Kier alpha value is -1.20. The maximum Gasteiger partial charge on any atom is 0.112 e. The summed E-state index contributed by atoms with van der Waals surface area (Å²) >= 11 is 7.67. The van der Waals surface area contributed by atoms with Gasteiger partial charge in [0, 0.05) is 21.4 Å². The number of nitrogens with one attached hydrogen (secondary N) is 1. The molecule has 24 heavy (non-hydrogen) atoms. The number of aliphatic hydroxyl groups is 1. The summed E-state index contributed by atoms with van der Waals surface area (Å²) in [4.78, 5) is 5.03. The Kier molecular flexibility index (Phi) is 6.44. The molecule has 0 bridgehead atoms. The van der Waals surface area contributed by atoms with Gasteiger partial charge in [-0.25, -0.2) is 0 Å². The minimum atomic E-state index is -0.285. The number of para-hydroxylation sites is 1. The minimum absolute atomic E-state index is 0.285. The van der Waals surface area contributed by atoms with Gasteiger partial charge in [-0.15, -0.1) is 11.8 Å². The van der Waals surface area contributed by atoms with Crippen molar-refractivity contribution in [3.05, 3.63) is 59.6 Å². The predicted molar refractivity (Wildman–Crippen MR) is 102 cm³/mol. The number of thioether (sulfide) groups is 1. The summed E-state index contributed by atoms with van der Waals surface area (Å²) in [6.45, 7) is 5.07. The van der Waals surface area contributed by atoms with Crippen molar-refractivity contribution in [2.75, 3.05) is 43.4 Å². The number of quaternary nitrogens is 1. The van der Waals surface area contributed by atoms with Crippen molar-refractivity contribution in [3.63, 3.8) is 0 Å². The molecule has 2 N–H and O–H groups in total. The van der Waals surface area contributed by atoms with E-state index in [-0.39, 0.29) is 6.10 Å². The van der Waals surface area contributed by atoms with Crippen LogP contribution in [0.25, 0.3) is 0 Å². The Balaban J connectivity index is 1.41. The number of aliphatic hydroxyl groups excluding tert-OH is 1. The van der Waals surface area contributed by atoms with E-state index >= 15 is 0 Å². The Morgan fingerprint density at radius 1 is 1.08 bits per heavy atom. The highest BCUT2D eigenvalue weighted by Crippen LogP contribution is 2.22.